The molecule has 0 aromatic heterocycles. The average Bonchev–Trinajstić information content (AvgIpc) is 3.14. The monoisotopic (exact) mass is 814 g/mol. The standard InChI is InChI=1S/C42H66Cl4N4O3/c43-35-27-33(41(51)39(45)29-35)31-47-19-11-7-3-1-5-9-13-21-49-23-15-37(16-24-49)53-38-17-25-50(26-18-38)22-14-10-6-2-4-8-12-20-48-32-34-28-36(44)30-40(46)42(34)52/h27-30,37-38,47-48,51-52H,1-26,31-32H2. The molecule has 7 nitrogen and oxygen atoms in total. The van der Waals surface area contributed by atoms with Gasteiger partial charge in [0.05, 0.1) is 22.3 Å². The first kappa shape index (κ1) is 44.7. The number of piperidine rings is 2. The summed E-state index contributed by atoms with van der Waals surface area (Å²) in [6, 6.07) is 6.67. The summed E-state index contributed by atoms with van der Waals surface area (Å²) >= 11 is 24.1. The first-order valence-electron chi connectivity index (χ1n) is 20.6. The predicted molar refractivity (Wildman–Crippen MR) is 224 cm³/mol. The molecule has 2 aromatic rings. The van der Waals surface area contributed by atoms with Crippen molar-refractivity contribution in [3.05, 3.63) is 55.5 Å². The number of phenols is 2. The normalized spacial score (nSPS) is 16.5. The van der Waals surface area contributed by atoms with E-state index in [9.17, 15) is 10.2 Å². The van der Waals surface area contributed by atoms with Crippen LogP contribution in [0, 0.1) is 0 Å². The topological polar surface area (TPSA) is 80.2 Å². The third-order valence-corrected chi connectivity index (χ3v) is 12.0. The van der Waals surface area contributed by atoms with Crippen molar-refractivity contribution in [3.8, 4) is 11.5 Å². The van der Waals surface area contributed by atoms with E-state index < -0.39 is 0 Å². The number of nitrogens with zero attached hydrogens (tertiary/aromatic N) is 2. The van der Waals surface area contributed by atoms with Gasteiger partial charge in [-0.25, -0.2) is 0 Å². The molecule has 11 heteroatoms. The van der Waals surface area contributed by atoms with Gasteiger partial charge in [-0.1, -0.05) is 111 Å². The van der Waals surface area contributed by atoms with E-state index in [0.717, 1.165) is 37.1 Å². The molecule has 300 valence electrons. The zero-order valence-electron chi connectivity index (χ0n) is 32.0. The number of likely N-dealkylation sites (tertiary alicyclic amines) is 2. The largest absolute Gasteiger partial charge is 0.506 e. The van der Waals surface area contributed by atoms with Gasteiger partial charge in [-0.15, -0.1) is 0 Å². The number of aromatic hydroxyl groups is 2. The van der Waals surface area contributed by atoms with E-state index in [0.29, 0.717) is 45.4 Å². The maximum Gasteiger partial charge on any atom is 0.138 e. The Bertz CT molecular complexity index is 1210. The number of rotatable bonds is 26. The lowest BCUT2D eigenvalue weighted by atomic mass is 10.0. The molecule has 4 rings (SSSR count). The minimum absolute atomic E-state index is 0.123. The number of phenolic OH excluding ortho intramolecular Hbond substituents is 2. The molecule has 0 unspecified atom stereocenters. The van der Waals surface area contributed by atoms with E-state index in [1.807, 2.05) is 0 Å². The zero-order valence-corrected chi connectivity index (χ0v) is 35.0. The first-order chi connectivity index (χ1) is 25.8. The molecule has 0 radical (unpaired) electrons. The molecule has 2 heterocycles. The molecule has 2 aromatic carbocycles. The van der Waals surface area contributed by atoms with Gasteiger partial charge in [-0.3, -0.25) is 0 Å². The summed E-state index contributed by atoms with van der Waals surface area (Å²) in [4.78, 5) is 5.31. The third-order valence-electron chi connectivity index (χ3n) is 11.0. The smallest absolute Gasteiger partial charge is 0.138 e. The molecule has 0 spiro atoms. The average molecular weight is 817 g/mol. The number of ether oxygens (including phenoxy) is 1. The van der Waals surface area contributed by atoms with Crippen LogP contribution in [0.25, 0.3) is 0 Å². The van der Waals surface area contributed by atoms with Crippen LogP contribution in [0.4, 0.5) is 0 Å². The molecule has 0 saturated carbocycles. The summed E-state index contributed by atoms with van der Waals surface area (Å²) in [7, 11) is 0. The lowest BCUT2D eigenvalue weighted by Gasteiger charge is -2.37. The number of nitrogens with one attached hydrogen (secondary N) is 2. The van der Waals surface area contributed by atoms with Crippen LogP contribution < -0.4 is 10.6 Å². The summed E-state index contributed by atoms with van der Waals surface area (Å²) in [5, 5.41) is 28.6. The Labute approximate surface area is 340 Å². The molecule has 2 fully saturated rings. The number of hydrogen-bond donors (Lipinski definition) is 4. The Morgan fingerprint density at radius 3 is 1.23 bits per heavy atom. The Morgan fingerprint density at radius 2 is 0.849 bits per heavy atom. The van der Waals surface area contributed by atoms with Gasteiger partial charge >= 0.3 is 0 Å². The molecule has 0 atom stereocenters. The van der Waals surface area contributed by atoms with Crippen molar-refractivity contribution in [2.45, 2.75) is 141 Å². The zero-order chi connectivity index (χ0) is 37.7. The lowest BCUT2D eigenvalue weighted by molar-refractivity contribution is -0.0650. The molecule has 53 heavy (non-hydrogen) atoms. The lowest BCUT2D eigenvalue weighted by Crippen LogP contribution is -2.42. The number of halogens is 4. The number of benzene rings is 2. The van der Waals surface area contributed by atoms with Crippen molar-refractivity contribution in [1.82, 2.24) is 20.4 Å². The van der Waals surface area contributed by atoms with Gasteiger partial charge in [-0.2, -0.15) is 0 Å². The van der Waals surface area contributed by atoms with Crippen molar-refractivity contribution >= 4 is 46.4 Å². The molecule has 0 bridgehead atoms. The fourth-order valence-electron chi connectivity index (χ4n) is 7.70. The molecule has 0 aliphatic carbocycles. The highest BCUT2D eigenvalue weighted by atomic mass is 35.5. The Balaban J connectivity index is 0.878. The van der Waals surface area contributed by atoms with Gasteiger partial charge in [0.25, 0.3) is 0 Å². The quantitative estimate of drug-likeness (QED) is 0.0704. The second kappa shape index (κ2) is 26.0. The van der Waals surface area contributed by atoms with Crippen molar-refractivity contribution < 1.29 is 14.9 Å². The summed E-state index contributed by atoms with van der Waals surface area (Å²) in [5.74, 6) is 0.247. The Kier molecular flexibility index (Phi) is 22.0. The van der Waals surface area contributed by atoms with E-state index in [-0.39, 0.29) is 11.5 Å². The van der Waals surface area contributed by atoms with Crippen molar-refractivity contribution in [2.24, 2.45) is 0 Å². The molecular weight excluding hydrogens is 750 g/mol. The van der Waals surface area contributed by atoms with Gasteiger partial charge in [0.2, 0.25) is 0 Å². The van der Waals surface area contributed by atoms with Gasteiger partial charge < -0.3 is 35.4 Å². The maximum absolute atomic E-state index is 10.1. The van der Waals surface area contributed by atoms with Gasteiger partial charge in [-0.05, 0) is 102 Å². The second-order valence-electron chi connectivity index (χ2n) is 15.3. The Hall–Kier alpha value is -1.00. The third kappa shape index (κ3) is 17.8. The van der Waals surface area contributed by atoms with E-state index >= 15 is 0 Å². The number of hydrogen-bond acceptors (Lipinski definition) is 7. The molecule has 4 N–H and O–H groups in total. The molecule has 2 saturated heterocycles. The van der Waals surface area contributed by atoms with Crippen LogP contribution in [0.15, 0.2) is 24.3 Å². The summed E-state index contributed by atoms with van der Waals surface area (Å²) < 4.78 is 6.61. The van der Waals surface area contributed by atoms with Crippen LogP contribution in [-0.4, -0.2) is 84.6 Å². The summed E-state index contributed by atoms with van der Waals surface area (Å²) in [6.45, 7) is 10.3. The van der Waals surface area contributed by atoms with Crippen LogP contribution in [0.2, 0.25) is 20.1 Å². The summed E-state index contributed by atoms with van der Waals surface area (Å²) in [5.41, 5.74) is 1.50. The molecule has 2 aliphatic heterocycles. The van der Waals surface area contributed by atoms with Crippen LogP contribution >= 0.6 is 46.4 Å². The van der Waals surface area contributed by atoms with Crippen LogP contribution in [0.3, 0.4) is 0 Å². The second-order valence-corrected chi connectivity index (χ2v) is 17.0. The van der Waals surface area contributed by atoms with Crippen LogP contribution in [0.1, 0.15) is 127 Å². The van der Waals surface area contributed by atoms with E-state index in [1.165, 1.54) is 142 Å². The highest BCUT2D eigenvalue weighted by Gasteiger charge is 2.25. The van der Waals surface area contributed by atoms with Crippen LogP contribution in [0.5, 0.6) is 11.5 Å². The highest BCUT2D eigenvalue weighted by molar-refractivity contribution is 6.36. The molecular formula is C42H66Cl4N4O3. The highest BCUT2D eigenvalue weighted by Crippen LogP contribution is 2.32. The number of unbranched alkanes of at least 4 members (excludes halogenated alkanes) is 12. The van der Waals surface area contributed by atoms with Crippen molar-refractivity contribution in [1.29, 1.82) is 0 Å². The van der Waals surface area contributed by atoms with Gasteiger partial charge in [0, 0.05) is 60.4 Å². The minimum atomic E-state index is 0.123. The predicted octanol–water partition coefficient (Wildman–Crippen LogP) is 11.0. The van der Waals surface area contributed by atoms with Crippen molar-refractivity contribution in [2.75, 3.05) is 52.4 Å². The van der Waals surface area contributed by atoms with E-state index in [1.54, 1.807) is 24.3 Å². The first-order valence-corrected chi connectivity index (χ1v) is 22.1. The minimum Gasteiger partial charge on any atom is -0.506 e. The van der Waals surface area contributed by atoms with E-state index in [4.69, 9.17) is 51.1 Å². The van der Waals surface area contributed by atoms with E-state index in [2.05, 4.69) is 20.4 Å². The van der Waals surface area contributed by atoms with Gasteiger partial charge in [0.15, 0.2) is 0 Å². The Morgan fingerprint density at radius 1 is 0.509 bits per heavy atom. The SMILES string of the molecule is Oc1c(Cl)cc(Cl)cc1CNCCCCCCCCCN1CCC(OC2CCN(CCCCCCCCCNCc3cc(Cl)cc(Cl)c3O)CC2)CC1. The van der Waals surface area contributed by atoms with Crippen LogP contribution in [-0.2, 0) is 17.8 Å². The fraction of sp³-hybridized carbons (Fsp3) is 0.714. The molecule has 2 aliphatic rings. The molecule has 0 amide bonds. The maximum atomic E-state index is 10.1. The summed E-state index contributed by atoms with van der Waals surface area (Å²) in [6.07, 6.45) is 23.6. The van der Waals surface area contributed by atoms with Crippen molar-refractivity contribution in [3.63, 3.8) is 0 Å². The van der Waals surface area contributed by atoms with Gasteiger partial charge in [0.1, 0.15) is 11.5 Å². The fourth-order valence-corrected chi connectivity index (χ4v) is 8.77.